The smallest absolute Gasteiger partial charge is 0.306 e. The van der Waals surface area contributed by atoms with Gasteiger partial charge in [0, 0.05) is 0 Å². The maximum Gasteiger partial charge on any atom is 0.306 e. The zero-order valence-corrected chi connectivity index (χ0v) is 23.7. The molecular weight excluding hydrogens is 432 g/mol. The second-order valence-electron chi connectivity index (χ2n) is 11.4. The zero-order valence-electron chi connectivity index (χ0n) is 23.7. The molecule has 3 nitrogen and oxygen atoms in total. The Morgan fingerprint density at radius 1 is 0.686 bits per heavy atom. The first-order chi connectivity index (χ1) is 16.8. The van der Waals surface area contributed by atoms with E-state index in [4.69, 9.17) is 0 Å². The molecule has 0 aromatic heterocycles. The van der Waals surface area contributed by atoms with Crippen LogP contribution in [0.5, 0.6) is 5.75 Å². The molecular formula is C32H56O3. The highest BCUT2D eigenvalue weighted by atomic mass is 16.4. The summed E-state index contributed by atoms with van der Waals surface area (Å²) in [6, 6.07) is 4.04. The molecule has 0 saturated heterocycles. The van der Waals surface area contributed by atoms with Gasteiger partial charge in [0.15, 0.2) is 0 Å². The molecule has 1 aromatic carbocycles. The van der Waals surface area contributed by atoms with Gasteiger partial charge >= 0.3 is 5.97 Å². The Morgan fingerprint density at radius 3 is 1.40 bits per heavy atom. The van der Waals surface area contributed by atoms with Crippen LogP contribution in [0.25, 0.3) is 0 Å². The van der Waals surface area contributed by atoms with Crippen LogP contribution < -0.4 is 0 Å². The maximum absolute atomic E-state index is 11.9. The molecule has 35 heavy (non-hydrogen) atoms. The number of carboxylic acid groups (broad SMARTS) is 1. The van der Waals surface area contributed by atoms with Crippen molar-refractivity contribution in [3.05, 3.63) is 28.8 Å². The second-order valence-corrected chi connectivity index (χ2v) is 11.4. The molecule has 1 unspecified atom stereocenters. The van der Waals surface area contributed by atoms with Crippen molar-refractivity contribution in [2.24, 2.45) is 5.92 Å². The predicted molar refractivity (Wildman–Crippen MR) is 151 cm³/mol. The Labute approximate surface area is 217 Å². The standard InChI is InChI=1S/C32H56O3/c1-6-7-8-9-10-11-12-13-14-15-16-17-18-19-20-21-28(32(34)35)22-27-23-29(25(2)3)31(33)30(24-27)26(4)5/h23-26,28,33H,6-22H2,1-5H3,(H,34,35). The molecule has 202 valence electrons. The molecule has 1 rings (SSSR count). The lowest BCUT2D eigenvalue weighted by molar-refractivity contribution is -0.142. The average Bonchev–Trinajstić information content (AvgIpc) is 2.81. The molecule has 0 radical (unpaired) electrons. The van der Waals surface area contributed by atoms with Crippen LogP contribution in [0.3, 0.4) is 0 Å². The van der Waals surface area contributed by atoms with Gasteiger partial charge in [-0.1, -0.05) is 143 Å². The number of aromatic hydroxyl groups is 1. The van der Waals surface area contributed by atoms with Crippen LogP contribution in [0.15, 0.2) is 12.1 Å². The van der Waals surface area contributed by atoms with Crippen LogP contribution in [0.1, 0.15) is 166 Å². The van der Waals surface area contributed by atoms with E-state index in [1.54, 1.807) is 0 Å². The molecule has 0 aliphatic carbocycles. The SMILES string of the molecule is CCCCCCCCCCCCCCCCCC(Cc1cc(C(C)C)c(O)c(C(C)C)c1)C(=O)O. The van der Waals surface area contributed by atoms with Crippen LogP contribution in [-0.4, -0.2) is 16.2 Å². The Kier molecular flexibility index (Phi) is 16.9. The summed E-state index contributed by atoms with van der Waals surface area (Å²) >= 11 is 0. The third-order valence-corrected chi connectivity index (χ3v) is 7.46. The number of unbranched alkanes of at least 4 members (excludes halogenated alkanes) is 14. The molecule has 0 spiro atoms. The molecule has 3 heteroatoms. The van der Waals surface area contributed by atoms with Crippen LogP contribution in [0, 0.1) is 5.92 Å². The minimum atomic E-state index is -0.694. The highest BCUT2D eigenvalue weighted by Gasteiger charge is 2.21. The summed E-state index contributed by atoms with van der Waals surface area (Å²) in [5, 5.41) is 20.4. The monoisotopic (exact) mass is 488 g/mol. The maximum atomic E-state index is 11.9. The Hall–Kier alpha value is -1.51. The average molecular weight is 489 g/mol. The van der Waals surface area contributed by atoms with Gasteiger partial charge in [-0.05, 0) is 41.4 Å². The van der Waals surface area contributed by atoms with E-state index in [1.807, 2.05) is 12.1 Å². The fraction of sp³-hybridized carbons (Fsp3) is 0.781. The van der Waals surface area contributed by atoms with E-state index in [-0.39, 0.29) is 17.8 Å². The molecule has 0 fully saturated rings. The summed E-state index contributed by atoms with van der Waals surface area (Å²) < 4.78 is 0. The summed E-state index contributed by atoms with van der Waals surface area (Å²) in [6.45, 7) is 10.6. The van der Waals surface area contributed by atoms with Crippen LogP contribution in [0.4, 0.5) is 0 Å². The number of carbonyl (C=O) groups is 1. The normalized spacial score (nSPS) is 12.5. The number of hydrogen-bond donors (Lipinski definition) is 2. The van der Waals surface area contributed by atoms with Crippen molar-refractivity contribution < 1.29 is 15.0 Å². The van der Waals surface area contributed by atoms with Crippen molar-refractivity contribution in [2.75, 3.05) is 0 Å². The highest BCUT2D eigenvalue weighted by molar-refractivity contribution is 5.70. The number of hydrogen-bond acceptors (Lipinski definition) is 2. The quantitative estimate of drug-likeness (QED) is 0.169. The van der Waals surface area contributed by atoms with Gasteiger partial charge in [0.05, 0.1) is 5.92 Å². The molecule has 1 aromatic rings. The van der Waals surface area contributed by atoms with E-state index in [0.29, 0.717) is 12.2 Å². The third-order valence-electron chi connectivity index (χ3n) is 7.46. The van der Waals surface area contributed by atoms with Crippen molar-refractivity contribution in [3.8, 4) is 5.75 Å². The lowest BCUT2D eigenvalue weighted by atomic mass is 9.87. The van der Waals surface area contributed by atoms with E-state index in [9.17, 15) is 15.0 Å². The lowest BCUT2D eigenvalue weighted by Gasteiger charge is -2.19. The number of carboxylic acids is 1. The number of benzene rings is 1. The van der Waals surface area contributed by atoms with Crippen LogP contribution in [0.2, 0.25) is 0 Å². The van der Waals surface area contributed by atoms with Gasteiger partial charge in [0.2, 0.25) is 0 Å². The first-order valence-electron chi connectivity index (χ1n) is 14.9. The lowest BCUT2D eigenvalue weighted by Crippen LogP contribution is -2.17. The fourth-order valence-corrected chi connectivity index (χ4v) is 5.10. The Bertz CT molecular complexity index is 663. The molecule has 0 amide bonds. The molecule has 0 aliphatic heterocycles. The van der Waals surface area contributed by atoms with Gasteiger partial charge in [-0.3, -0.25) is 4.79 Å². The third kappa shape index (κ3) is 13.4. The Morgan fingerprint density at radius 2 is 1.06 bits per heavy atom. The van der Waals surface area contributed by atoms with E-state index in [0.717, 1.165) is 36.0 Å². The summed E-state index contributed by atoms with van der Waals surface area (Å²) in [5.74, 6) is -0.229. The topological polar surface area (TPSA) is 57.5 Å². The number of aliphatic carboxylic acids is 1. The second kappa shape index (κ2) is 18.7. The van der Waals surface area contributed by atoms with E-state index in [1.165, 1.54) is 83.5 Å². The molecule has 2 N–H and O–H groups in total. The molecule has 0 aliphatic rings. The fourth-order valence-electron chi connectivity index (χ4n) is 5.10. The first-order valence-corrected chi connectivity index (χ1v) is 14.9. The molecule has 0 heterocycles. The van der Waals surface area contributed by atoms with Crippen molar-refractivity contribution in [1.82, 2.24) is 0 Å². The van der Waals surface area contributed by atoms with Crippen molar-refractivity contribution in [3.63, 3.8) is 0 Å². The molecule has 0 saturated carbocycles. The van der Waals surface area contributed by atoms with Crippen molar-refractivity contribution in [2.45, 2.75) is 156 Å². The van der Waals surface area contributed by atoms with Gasteiger partial charge in [-0.25, -0.2) is 0 Å². The van der Waals surface area contributed by atoms with Crippen molar-refractivity contribution >= 4 is 5.97 Å². The molecule has 0 bridgehead atoms. The summed E-state index contributed by atoms with van der Waals surface area (Å²) in [7, 11) is 0. The van der Waals surface area contributed by atoms with Crippen LogP contribution in [-0.2, 0) is 11.2 Å². The summed E-state index contributed by atoms with van der Waals surface area (Å²) in [5.41, 5.74) is 2.91. The first kappa shape index (κ1) is 31.5. The van der Waals surface area contributed by atoms with E-state index >= 15 is 0 Å². The van der Waals surface area contributed by atoms with Gasteiger partial charge in [0.1, 0.15) is 5.75 Å². The van der Waals surface area contributed by atoms with Crippen LogP contribution >= 0.6 is 0 Å². The van der Waals surface area contributed by atoms with Gasteiger partial charge in [-0.2, -0.15) is 0 Å². The summed E-state index contributed by atoms with van der Waals surface area (Å²) in [6.07, 6.45) is 21.1. The Balaban J connectivity index is 2.27. The van der Waals surface area contributed by atoms with Crippen molar-refractivity contribution in [1.29, 1.82) is 0 Å². The van der Waals surface area contributed by atoms with Gasteiger partial charge < -0.3 is 10.2 Å². The largest absolute Gasteiger partial charge is 0.507 e. The van der Waals surface area contributed by atoms with Gasteiger partial charge in [0.25, 0.3) is 0 Å². The van der Waals surface area contributed by atoms with E-state index < -0.39 is 5.97 Å². The minimum absolute atomic E-state index is 0.214. The number of rotatable bonds is 21. The predicted octanol–water partition coefficient (Wildman–Crippen LogP) is 10.1. The highest BCUT2D eigenvalue weighted by Crippen LogP contribution is 2.35. The van der Waals surface area contributed by atoms with Gasteiger partial charge in [-0.15, -0.1) is 0 Å². The molecule has 1 atom stereocenters. The summed E-state index contributed by atoms with van der Waals surface area (Å²) in [4.78, 5) is 11.9. The number of phenolic OH excluding ortho intramolecular Hbond substituents is 1. The number of phenols is 1. The zero-order chi connectivity index (χ0) is 26.1. The van der Waals surface area contributed by atoms with E-state index in [2.05, 4.69) is 34.6 Å². The minimum Gasteiger partial charge on any atom is -0.507 e.